The van der Waals surface area contributed by atoms with E-state index in [0.717, 1.165) is 25.2 Å². The Morgan fingerprint density at radius 2 is 1.63 bits per heavy atom. The average Bonchev–Trinajstić information content (AvgIpc) is 2.29. The molecule has 19 heavy (non-hydrogen) atoms. The SMILES string of the molecule is CCC1(CC)C(N=C(N(C)C)N(C)C)CC1OC.I. The minimum absolute atomic E-state index is 0. The van der Waals surface area contributed by atoms with Gasteiger partial charge in [0.2, 0.25) is 0 Å². The highest BCUT2D eigenvalue weighted by Gasteiger charge is 2.53. The normalized spacial score (nSPS) is 23.9. The first-order chi connectivity index (χ1) is 8.42. The highest BCUT2D eigenvalue weighted by atomic mass is 127. The predicted molar refractivity (Wildman–Crippen MR) is 92.4 cm³/mol. The maximum absolute atomic E-state index is 5.62. The summed E-state index contributed by atoms with van der Waals surface area (Å²) >= 11 is 0. The zero-order valence-corrected chi connectivity index (χ0v) is 15.8. The van der Waals surface area contributed by atoms with Gasteiger partial charge in [-0.05, 0) is 19.3 Å². The van der Waals surface area contributed by atoms with Gasteiger partial charge in [-0.1, -0.05) is 13.8 Å². The Labute approximate surface area is 135 Å². The molecule has 114 valence electrons. The Morgan fingerprint density at radius 1 is 1.16 bits per heavy atom. The zero-order chi connectivity index (χ0) is 13.9. The van der Waals surface area contributed by atoms with E-state index in [1.165, 1.54) is 0 Å². The number of guanidine groups is 1. The summed E-state index contributed by atoms with van der Waals surface area (Å²) in [6.45, 7) is 4.50. The summed E-state index contributed by atoms with van der Waals surface area (Å²) in [5.41, 5.74) is 0.228. The lowest BCUT2D eigenvalue weighted by Crippen LogP contribution is -2.57. The van der Waals surface area contributed by atoms with Crippen LogP contribution in [0.5, 0.6) is 0 Å². The van der Waals surface area contributed by atoms with Gasteiger partial charge in [0.05, 0.1) is 12.1 Å². The van der Waals surface area contributed by atoms with Gasteiger partial charge in [0.15, 0.2) is 5.96 Å². The van der Waals surface area contributed by atoms with E-state index in [1.807, 2.05) is 35.3 Å². The molecule has 0 aromatic carbocycles. The first kappa shape index (κ1) is 19.0. The van der Waals surface area contributed by atoms with Crippen molar-refractivity contribution < 1.29 is 4.74 Å². The van der Waals surface area contributed by atoms with E-state index < -0.39 is 0 Å². The fourth-order valence-electron chi connectivity index (χ4n) is 3.19. The summed E-state index contributed by atoms with van der Waals surface area (Å²) in [4.78, 5) is 9.12. The number of nitrogens with zero attached hydrogens (tertiary/aromatic N) is 3. The van der Waals surface area contributed by atoms with Gasteiger partial charge in [0.25, 0.3) is 0 Å². The van der Waals surface area contributed by atoms with Crippen LogP contribution in [-0.4, -0.2) is 63.2 Å². The molecule has 5 heteroatoms. The van der Waals surface area contributed by atoms with Crippen LogP contribution in [-0.2, 0) is 4.74 Å². The molecule has 1 rings (SSSR count). The van der Waals surface area contributed by atoms with Crippen molar-refractivity contribution in [3.63, 3.8) is 0 Å². The predicted octanol–water partition coefficient (Wildman–Crippen LogP) is 2.68. The van der Waals surface area contributed by atoms with E-state index in [9.17, 15) is 0 Å². The number of hydrogen-bond acceptors (Lipinski definition) is 2. The van der Waals surface area contributed by atoms with Crippen molar-refractivity contribution in [2.45, 2.75) is 45.3 Å². The third-order valence-electron chi connectivity index (χ3n) is 4.41. The summed E-state index contributed by atoms with van der Waals surface area (Å²) in [5, 5.41) is 0. The topological polar surface area (TPSA) is 28.1 Å². The highest BCUT2D eigenvalue weighted by Crippen LogP contribution is 2.50. The third kappa shape index (κ3) is 3.54. The van der Waals surface area contributed by atoms with Crippen LogP contribution >= 0.6 is 24.0 Å². The molecule has 1 saturated carbocycles. The van der Waals surface area contributed by atoms with Gasteiger partial charge in [0, 0.05) is 40.7 Å². The molecular weight excluding hydrogens is 353 g/mol. The molecule has 0 amide bonds. The van der Waals surface area contributed by atoms with Crippen molar-refractivity contribution in [2.24, 2.45) is 10.4 Å². The van der Waals surface area contributed by atoms with Crippen molar-refractivity contribution in [3.8, 4) is 0 Å². The monoisotopic (exact) mass is 383 g/mol. The van der Waals surface area contributed by atoms with Crippen LogP contribution in [0.15, 0.2) is 4.99 Å². The minimum atomic E-state index is 0. The summed E-state index contributed by atoms with van der Waals surface area (Å²) in [6, 6.07) is 0.386. The van der Waals surface area contributed by atoms with Crippen molar-refractivity contribution >= 4 is 29.9 Å². The molecule has 1 aliphatic rings. The Balaban J connectivity index is 0.00000324. The van der Waals surface area contributed by atoms with E-state index in [1.54, 1.807) is 0 Å². The van der Waals surface area contributed by atoms with Crippen LogP contribution in [0.3, 0.4) is 0 Å². The van der Waals surface area contributed by atoms with Gasteiger partial charge in [-0.3, -0.25) is 0 Å². The van der Waals surface area contributed by atoms with Gasteiger partial charge in [-0.2, -0.15) is 0 Å². The number of rotatable bonds is 4. The Bertz CT molecular complexity index is 291. The van der Waals surface area contributed by atoms with Gasteiger partial charge in [-0.25, -0.2) is 4.99 Å². The number of hydrogen-bond donors (Lipinski definition) is 0. The van der Waals surface area contributed by atoms with Crippen LogP contribution in [0, 0.1) is 5.41 Å². The summed E-state index contributed by atoms with van der Waals surface area (Å²) < 4.78 is 5.62. The lowest BCUT2D eigenvalue weighted by Gasteiger charge is -2.53. The second-order valence-corrected chi connectivity index (χ2v) is 5.63. The van der Waals surface area contributed by atoms with E-state index in [4.69, 9.17) is 9.73 Å². The fourth-order valence-corrected chi connectivity index (χ4v) is 3.19. The molecule has 0 spiro atoms. The van der Waals surface area contributed by atoms with Crippen LogP contribution in [0.4, 0.5) is 0 Å². The molecule has 4 nitrogen and oxygen atoms in total. The summed E-state index contributed by atoms with van der Waals surface area (Å²) in [6.07, 6.45) is 3.67. The number of aliphatic imine (C=N–C) groups is 1. The first-order valence-electron chi connectivity index (χ1n) is 6.88. The van der Waals surface area contributed by atoms with Crippen molar-refractivity contribution in [1.82, 2.24) is 9.80 Å². The maximum Gasteiger partial charge on any atom is 0.195 e. The van der Waals surface area contributed by atoms with E-state index in [-0.39, 0.29) is 29.4 Å². The summed E-state index contributed by atoms with van der Waals surface area (Å²) in [7, 11) is 10.0. The quantitative estimate of drug-likeness (QED) is 0.425. The molecule has 0 N–H and O–H groups in total. The van der Waals surface area contributed by atoms with Gasteiger partial charge < -0.3 is 14.5 Å². The summed E-state index contributed by atoms with van der Waals surface area (Å²) in [5.74, 6) is 1.04. The van der Waals surface area contributed by atoms with Crippen molar-refractivity contribution in [2.75, 3.05) is 35.3 Å². The second kappa shape index (κ2) is 7.67. The molecule has 0 radical (unpaired) electrons. The number of halogens is 1. The fraction of sp³-hybridized carbons (Fsp3) is 0.929. The molecule has 2 unspecified atom stereocenters. The van der Waals surface area contributed by atoms with Gasteiger partial charge >= 0.3 is 0 Å². The smallest absolute Gasteiger partial charge is 0.195 e. The van der Waals surface area contributed by atoms with Gasteiger partial charge in [-0.15, -0.1) is 24.0 Å². The standard InChI is InChI=1S/C14H29N3O.HI/c1-8-14(9-2)11(10-12(14)18-7)15-13(16(3)4)17(5)6;/h11-12H,8-10H2,1-7H3;1H. The minimum Gasteiger partial charge on any atom is -0.381 e. The molecule has 1 aliphatic carbocycles. The van der Waals surface area contributed by atoms with Gasteiger partial charge in [0.1, 0.15) is 0 Å². The maximum atomic E-state index is 5.62. The molecule has 0 bridgehead atoms. The van der Waals surface area contributed by atoms with Crippen molar-refractivity contribution in [3.05, 3.63) is 0 Å². The third-order valence-corrected chi connectivity index (χ3v) is 4.41. The first-order valence-corrected chi connectivity index (χ1v) is 6.88. The van der Waals surface area contributed by atoms with Crippen LogP contribution in [0.25, 0.3) is 0 Å². The van der Waals surface area contributed by atoms with E-state index in [2.05, 4.69) is 23.6 Å². The molecule has 1 fully saturated rings. The van der Waals surface area contributed by atoms with Crippen LogP contribution < -0.4 is 0 Å². The lowest BCUT2D eigenvalue weighted by atomic mass is 9.59. The molecule has 0 aromatic rings. The highest BCUT2D eigenvalue weighted by molar-refractivity contribution is 14.0. The molecule has 0 saturated heterocycles. The lowest BCUT2D eigenvalue weighted by molar-refractivity contribution is -0.112. The second-order valence-electron chi connectivity index (χ2n) is 5.63. The zero-order valence-electron chi connectivity index (χ0n) is 13.4. The van der Waals surface area contributed by atoms with Crippen LogP contribution in [0.2, 0.25) is 0 Å². The number of ether oxygens (including phenoxy) is 1. The van der Waals surface area contributed by atoms with E-state index in [0.29, 0.717) is 12.1 Å². The Morgan fingerprint density at radius 3 is 1.95 bits per heavy atom. The largest absolute Gasteiger partial charge is 0.381 e. The molecule has 0 aromatic heterocycles. The Hall–Kier alpha value is -0.0400. The molecule has 0 aliphatic heterocycles. The van der Waals surface area contributed by atoms with Crippen molar-refractivity contribution in [1.29, 1.82) is 0 Å². The molecule has 2 atom stereocenters. The average molecular weight is 383 g/mol. The van der Waals surface area contributed by atoms with Crippen LogP contribution in [0.1, 0.15) is 33.1 Å². The molecule has 0 heterocycles. The Kier molecular flexibility index (Phi) is 7.65. The number of methoxy groups -OCH3 is 1. The molecular formula is C14H30IN3O. The van der Waals surface area contributed by atoms with E-state index >= 15 is 0 Å².